The molecule has 0 saturated heterocycles. The third kappa shape index (κ3) is 2.84. The molecule has 0 rings (SSSR count). The summed E-state index contributed by atoms with van der Waals surface area (Å²) in [6.45, 7) is -0.822. The Morgan fingerprint density at radius 1 is 1.25 bits per heavy atom. The molecule has 0 aliphatic heterocycles. The van der Waals surface area contributed by atoms with Crippen LogP contribution in [0.1, 0.15) is 1.37 Å². The van der Waals surface area contributed by atoms with E-state index < -0.39 is 37.3 Å². The molecule has 4 atom stereocenters. The molecule has 0 aliphatic rings. The Hall–Kier alpha value is -0.530. The van der Waals surface area contributed by atoms with Crippen LogP contribution in [0.15, 0.2) is 0 Å². The van der Waals surface area contributed by atoms with Crippen LogP contribution in [0.2, 0.25) is 0 Å². The van der Waals surface area contributed by atoms with Crippen molar-refractivity contribution in [2.45, 2.75) is 24.4 Å². The Bertz CT molecular complexity index is 175. The fourth-order valence-electron chi connectivity index (χ4n) is 0.592. The van der Waals surface area contributed by atoms with Gasteiger partial charge in [0.25, 0.3) is 0 Å². The zero-order valence-corrected chi connectivity index (χ0v) is 6.16. The second-order valence-electron chi connectivity index (χ2n) is 2.29. The maximum absolute atomic E-state index is 10.2. The van der Waals surface area contributed by atoms with Gasteiger partial charge in [-0.2, -0.15) is 0 Å². The largest absolute Gasteiger partial charge is 0.394 e. The van der Waals surface area contributed by atoms with Crippen molar-refractivity contribution in [3.8, 4) is 0 Å². The van der Waals surface area contributed by atoms with Crippen molar-refractivity contribution in [2.24, 2.45) is 0 Å². The fourth-order valence-corrected chi connectivity index (χ4v) is 0.592. The van der Waals surface area contributed by atoms with Gasteiger partial charge >= 0.3 is 0 Å². The molecule has 0 unspecified atom stereocenters. The summed E-state index contributed by atoms with van der Waals surface area (Å²) in [5, 5.41) is 43.8. The number of rotatable bonds is 5. The van der Waals surface area contributed by atoms with Crippen molar-refractivity contribution in [1.29, 1.82) is 0 Å². The van der Waals surface area contributed by atoms with Crippen molar-refractivity contribution in [3.05, 3.63) is 0 Å². The van der Waals surface area contributed by atoms with Crippen LogP contribution in [0.5, 0.6) is 0 Å². The number of carbonyl (C=O) groups excluding carboxylic acids is 1. The predicted molar refractivity (Wildman–Crippen MR) is 37.2 cm³/mol. The molecule has 0 fully saturated rings. The van der Waals surface area contributed by atoms with E-state index in [0.717, 1.165) is 0 Å². The van der Waals surface area contributed by atoms with Gasteiger partial charge in [0.05, 0.1) is 6.61 Å². The van der Waals surface area contributed by atoms with E-state index in [1.807, 2.05) is 0 Å². The minimum Gasteiger partial charge on any atom is -0.394 e. The van der Waals surface area contributed by atoms with Crippen LogP contribution < -0.4 is 0 Å². The summed E-state index contributed by atoms with van der Waals surface area (Å²) in [6.07, 6.45) is -9.07. The van der Waals surface area contributed by atoms with Crippen LogP contribution in [0.4, 0.5) is 0 Å². The highest BCUT2D eigenvalue weighted by Gasteiger charge is 2.29. The van der Waals surface area contributed by atoms with Gasteiger partial charge in [-0.1, -0.05) is 0 Å². The molecule has 6 nitrogen and oxygen atoms in total. The maximum Gasteiger partial charge on any atom is 0.151 e. The summed E-state index contributed by atoms with van der Waals surface area (Å²) in [7, 11) is 0. The zero-order valence-electron chi connectivity index (χ0n) is 7.16. The Morgan fingerprint density at radius 3 is 2.08 bits per heavy atom. The molecular formula is C6H12O6. The lowest BCUT2D eigenvalue weighted by Gasteiger charge is -2.22. The van der Waals surface area contributed by atoms with Crippen molar-refractivity contribution in [1.82, 2.24) is 0 Å². The maximum atomic E-state index is 10.2. The Labute approximate surface area is 70.1 Å². The molecule has 0 spiro atoms. The van der Waals surface area contributed by atoms with Gasteiger partial charge < -0.3 is 30.3 Å². The summed E-state index contributed by atoms with van der Waals surface area (Å²) in [5.41, 5.74) is 0. The molecule has 0 aromatic carbocycles. The van der Waals surface area contributed by atoms with Crippen LogP contribution in [-0.4, -0.2) is 62.8 Å². The summed E-state index contributed by atoms with van der Waals surface area (Å²) in [5.74, 6) is 0. The normalized spacial score (nSPS) is 22.2. The van der Waals surface area contributed by atoms with Crippen LogP contribution in [-0.2, 0) is 4.79 Å². The molecule has 0 amide bonds. The summed E-state index contributed by atoms with van der Waals surface area (Å²) < 4.78 is 6.40. The molecular weight excluding hydrogens is 169 g/mol. The SMILES string of the molecule is [2H][13C](=O)[C@@H](O)[C@@H](O)[C@H](O)[C@H](O)CO. The van der Waals surface area contributed by atoms with E-state index in [9.17, 15) is 4.79 Å². The van der Waals surface area contributed by atoms with E-state index >= 15 is 0 Å². The molecule has 0 heterocycles. The van der Waals surface area contributed by atoms with E-state index in [1.165, 1.54) is 0 Å². The third-order valence-electron chi connectivity index (χ3n) is 1.38. The fraction of sp³-hybridized carbons (Fsp3) is 0.833. The highest BCUT2D eigenvalue weighted by molar-refractivity contribution is 5.56. The smallest absolute Gasteiger partial charge is 0.151 e. The van der Waals surface area contributed by atoms with Crippen LogP contribution in [0, 0.1) is 0 Å². The summed E-state index contributed by atoms with van der Waals surface area (Å²) in [6, 6.07) is 0. The first-order valence-corrected chi connectivity index (χ1v) is 3.25. The number of hydrogen-bond donors (Lipinski definition) is 5. The van der Waals surface area contributed by atoms with E-state index in [0.29, 0.717) is 0 Å². The van der Waals surface area contributed by atoms with E-state index in [2.05, 4.69) is 0 Å². The van der Waals surface area contributed by atoms with Crippen molar-refractivity contribution >= 4 is 6.26 Å². The molecule has 72 valence electrons. The van der Waals surface area contributed by atoms with Crippen molar-refractivity contribution in [3.63, 3.8) is 0 Å². The van der Waals surface area contributed by atoms with E-state index in [4.69, 9.17) is 26.9 Å². The lowest BCUT2D eigenvalue weighted by Crippen LogP contribution is -2.46. The lowest BCUT2D eigenvalue weighted by atomic mass is 10.1. The average Bonchev–Trinajstić information content (AvgIpc) is 2.12. The molecule has 0 aliphatic carbocycles. The minimum atomic E-state index is -2.09. The summed E-state index contributed by atoms with van der Waals surface area (Å²) in [4.78, 5) is 10.2. The highest BCUT2D eigenvalue weighted by Crippen LogP contribution is 2.02. The van der Waals surface area contributed by atoms with Gasteiger partial charge in [0.2, 0.25) is 0 Å². The molecule has 6 heteroatoms. The Balaban J connectivity index is 4.24. The molecule has 0 bridgehead atoms. The average molecular weight is 182 g/mol. The molecule has 0 saturated carbocycles. The quantitative estimate of drug-likeness (QED) is 0.223. The Morgan fingerprint density at radius 2 is 1.75 bits per heavy atom. The van der Waals surface area contributed by atoms with Crippen LogP contribution in [0.25, 0.3) is 0 Å². The number of carbonyl (C=O) groups is 1. The van der Waals surface area contributed by atoms with Crippen LogP contribution in [0.3, 0.4) is 0 Å². The number of hydrogen-bond acceptors (Lipinski definition) is 6. The van der Waals surface area contributed by atoms with Crippen molar-refractivity contribution in [2.75, 3.05) is 6.61 Å². The van der Waals surface area contributed by atoms with Crippen molar-refractivity contribution < 1.29 is 31.7 Å². The second kappa shape index (κ2) is 5.18. The predicted octanol–water partition coefficient (Wildman–Crippen LogP) is -3.38. The van der Waals surface area contributed by atoms with E-state index in [1.54, 1.807) is 0 Å². The van der Waals surface area contributed by atoms with E-state index in [-0.39, 0.29) is 0 Å². The lowest BCUT2D eigenvalue weighted by molar-refractivity contribution is -0.136. The first-order valence-electron chi connectivity index (χ1n) is 3.75. The summed E-state index contributed by atoms with van der Waals surface area (Å²) >= 11 is 0. The minimum absolute atomic E-state index is 0.822. The molecule has 0 aromatic rings. The first kappa shape index (κ1) is 9.56. The number of aliphatic hydroxyl groups is 5. The monoisotopic (exact) mass is 182 g/mol. The number of aliphatic hydroxyl groups excluding tert-OH is 5. The topological polar surface area (TPSA) is 118 Å². The van der Waals surface area contributed by atoms with Gasteiger partial charge in [0.15, 0.2) is 6.26 Å². The highest BCUT2D eigenvalue weighted by atomic mass is 16.4. The van der Waals surface area contributed by atoms with Crippen LogP contribution >= 0.6 is 0 Å². The standard InChI is InChI=1S/C6H12O6/c7-1-3(9)5(11)6(12)4(10)2-8/h1,3-6,8-12H,2H2/t3-,4-,5-,6-/m1/s1/i1+1D. The second-order valence-corrected chi connectivity index (χ2v) is 2.29. The van der Waals surface area contributed by atoms with Gasteiger partial charge in [0.1, 0.15) is 25.8 Å². The zero-order chi connectivity index (χ0) is 10.6. The van der Waals surface area contributed by atoms with Gasteiger partial charge in [-0.15, -0.1) is 0 Å². The molecule has 0 aromatic heterocycles. The van der Waals surface area contributed by atoms with Gasteiger partial charge in [-0.05, 0) is 0 Å². The first-order chi connectivity index (χ1) is 5.91. The van der Waals surface area contributed by atoms with Gasteiger partial charge in [0, 0.05) is 0 Å². The van der Waals surface area contributed by atoms with Gasteiger partial charge in [-0.25, -0.2) is 0 Å². The molecule has 0 radical (unpaired) electrons. The third-order valence-corrected chi connectivity index (χ3v) is 1.38. The Kier molecular flexibility index (Phi) is 4.12. The molecule has 5 N–H and O–H groups in total. The molecule has 12 heavy (non-hydrogen) atoms. The number of aldehydes is 1. The van der Waals surface area contributed by atoms with Gasteiger partial charge in [-0.3, -0.25) is 0 Å².